The van der Waals surface area contributed by atoms with Crippen molar-refractivity contribution >= 4 is 12.1 Å². The van der Waals surface area contributed by atoms with Crippen LogP contribution in [0.5, 0.6) is 0 Å². The second kappa shape index (κ2) is 2.95. The minimum Gasteiger partial charge on any atom is -0.284 e. The molecule has 0 spiro atoms. The highest BCUT2D eigenvalue weighted by atomic mass is 19.1. The number of alkyl halides is 1. The van der Waals surface area contributed by atoms with Gasteiger partial charge in [-0.15, -0.1) is 0 Å². The first-order valence-corrected chi connectivity index (χ1v) is 2.65. The van der Waals surface area contributed by atoms with Crippen LogP contribution in [0.3, 0.4) is 0 Å². The summed E-state index contributed by atoms with van der Waals surface area (Å²) in [4.78, 5) is 11.0. The third kappa shape index (κ3) is 1.12. The van der Waals surface area contributed by atoms with E-state index in [0.29, 0.717) is 12.1 Å². The first-order chi connectivity index (χ1) is 4.88. The lowest BCUT2D eigenvalue weighted by Gasteiger charge is -2.07. The molecule has 1 aromatic heterocycles. The molecule has 0 saturated carbocycles. The third-order valence-corrected chi connectivity index (χ3v) is 1.07. The van der Waals surface area contributed by atoms with Crippen LogP contribution < -0.4 is 4.90 Å². The first kappa shape index (κ1) is 6.73. The fourth-order valence-corrected chi connectivity index (χ4v) is 0.559. The number of nitrogens with zero attached hydrogens (tertiary/aromatic N) is 2. The van der Waals surface area contributed by atoms with E-state index in [1.165, 1.54) is 12.4 Å². The van der Waals surface area contributed by atoms with Crippen LogP contribution >= 0.6 is 0 Å². The molecule has 0 unspecified atom stereocenters. The summed E-state index contributed by atoms with van der Waals surface area (Å²) in [5, 5.41) is 6.01. The SMILES string of the molecule is O=CN(CF)c1cn[nH]c1. The van der Waals surface area contributed by atoms with Gasteiger partial charge in [0.25, 0.3) is 0 Å². The van der Waals surface area contributed by atoms with Crippen LogP contribution in [0.15, 0.2) is 12.4 Å². The zero-order valence-electron chi connectivity index (χ0n) is 5.12. The van der Waals surface area contributed by atoms with E-state index in [4.69, 9.17) is 0 Å². The molecule has 0 atom stereocenters. The number of nitrogens with one attached hydrogen (secondary N) is 1. The van der Waals surface area contributed by atoms with E-state index >= 15 is 0 Å². The Balaban J connectivity index is 2.73. The van der Waals surface area contributed by atoms with Gasteiger partial charge in [-0.1, -0.05) is 0 Å². The van der Waals surface area contributed by atoms with Gasteiger partial charge in [0.15, 0.2) is 6.80 Å². The number of carbonyl (C=O) groups excluding carboxylic acids is 1. The first-order valence-electron chi connectivity index (χ1n) is 2.65. The van der Waals surface area contributed by atoms with Gasteiger partial charge in [-0.25, -0.2) is 4.39 Å². The van der Waals surface area contributed by atoms with E-state index in [1.807, 2.05) is 0 Å². The third-order valence-electron chi connectivity index (χ3n) is 1.07. The van der Waals surface area contributed by atoms with Crippen LogP contribution in [-0.4, -0.2) is 23.4 Å². The summed E-state index contributed by atoms with van der Waals surface area (Å²) in [6.07, 6.45) is 3.22. The molecule has 4 nitrogen and oxygen atoms in total. The Morgan fingerprint density at radius 3 is 3.10 bits per heavy atom. The minimum atomic E-state index is -0.830. The van der Waals surface area contributed by atoms with Gasteiger partial charge in [0, 0.05) is 6.20 Å². The molecule has 0 radical (unpaired) electrons. The topological polar surface area (TPSA) is 49.0 Å². The summed E-state index contributed by atoms with van der Waals surface area (Å²) in [5.41, 5.74) is 0.428. The number of halogens is 1. The van der Waals surface area contributed by atoms with E-state index in [9.17, 15) is 9.18 Å². The van der Waals surface area contributed by atoms with Crippen LogP contribution in [0.2, 0.25) is 0 Å². The van der Waals surface area contributed by atoms with Crippen LogP contribution in [0.4, 0.5) is 10.1 Å². The number of anilines is 1. The molecular formula is C5H6FN3O. The lowest BCUT2D eigenvalue weighted by atomic mass is 10.5. The highest BCUT2D eigenvalue weighted by Gasteiger charge is 2.02. The summed E-state index contributed by atoms with van der Waals surface area (Å²) in [7, 11) is 0. The van der Waals surface area contributed by atoms with Crippen molar-refractivity contribution in [1.29, 1.82) is 0 Å². The number of hydrogen-bond acceptors (Lipinski definition) is 2. The molecule has 1 heterocycles. The lowest BCUT2D eigenvalue weighted by molar-refractivity contribution is -0.107. The zero-order valence-corrected chi connectivity index (χ0v) is 5.12. The maximum Gasteiger partial charge on any atom is 0.216 e. The van der Waals surface area contributed by atoms with Crippen LogP contribution in [0.25, 0.3) is 0 Å². The standard InChI is InChI=1S/C5H6FN3O/c6-3-9(4-10)5-1-7-8-2-5/h1-2,4H,3H2,(H,7,8). The van der Waals surface area contributed by atoms with Gasteiger partial charge in [0.2, 0.25) is 6.41 Å². The van der Waals surface area contributed by atoms with E-state index in [2.05, 4.69) is 10.2 Å². The predicted octanol–water partition coefficient (Wildman–Crippen LogP) is 0.299. The molecule has 0 aromatic carbocycles. The number of rotatable bonds is 3. The Bertz CT molecular complexity index is 199. The van der Waals surface area contributed by atoms with Gasteiger partial charge in [-0.05, 0) is 0 Å². The van der Waals surface area contributed by atoms with Gasteiger partial charge in [-0.2, -0.15) is 5.10 Å². The molecule has 0 aliphatic carbocycles. The predicted molar refractivity (Wildman–Crippen MR) is 33.1 cm³/mol. The smallest absolute Gasteiger partial charge is 0.216 e. The molecule has 54 valence electrons. The number of aromatic nitrogens is 2. The van der Waals surface area contributed by atoms with Crippen molar-refractivity contribution in [2.75, 3.05) is 11.7 Å². The largest absolute Gasteiger partial charge is 0.284 e. The second-order valence-electron chi connectivity index (χ2n) is 1.65. The summed E-state index contributed by atoms with van der Waals surface area (Å²) in [6.45, 7) is -0.830. The van der Waals surface area contributed by atoms with Crippen LogP contribution in [0.1, 0.15) is 0 Å². The number of hydrogen-bond donors (Lipinski definition) is 1. The zero-order chi connectivity index (χ0) is 7.40. The molecule has 5 heteroatoms. The van der Waals surface area contributed by atoms with E-state index in [0.717, 1.165) is 4.90 Å². The fraction of sp³-hybridized carbons (Fsp3) is 0.200. The minimum absolute atomic E-state index is 0.408. The molecule has 1 N–H and O–H groups in total. The number of H-pyrrole nitrogens is 1. The quantitative estimate of drug-likeness (QED) is 0.488. The highest BCUT2D eigenvalue weighted by Crippen LogP contribution is 2.07. The average Bonchev–Trinajstić information content (AvgIpc) is 2.43. The number of amides is 1. The molecule has 1 aromatic rings. The van der Waals surface area contributed by atoms with Gasteiger partial charge in [-0.3, -0.25) is 14.8 Å². The van der Waals surface area contributed by atoms with Crippen LogP contribution in [0, 0.1) is 0 Å². The summed E-state index contributed by atoms with van der Waals surface area (Å²) < 4.78 is 11.9. The number of carbonyl (C=O) groups is 1. The molecule has 0 aliphatic rings. The molecule has 1 amide bonds. The van der Waals surface area contributed by atoms with Crippen molar-refractivity contribution in [3.63, 3.8) is 0 Å². The van der Waals surface area contributed by atoms with E-state index < -0.39 is 6.80 Å². The van der Waals surface area contributed by atoms with Crippen molar-refractivity contribution in [2.45, 2.75) is 0 Å². The number of aromatic amines is 1. The Morgan fingerprint density at radius 2 is 2.70 bits per heavy atom. The Morgan fingerprint density at radius 1 is 1.90 bits per heavy atom. The maximum atomic E-state index is 11.9. The molecule has 0 bridgehead atoms. The Kier molecular flexibility index (Phi) is 1.99. The van der Waals surface area contributed by atoms with E-state index in [-0.39, 0.29) is 0 Å². The molecule has 10 heavy (non-hydrogen) atoms. The summed E-state index contributed by atoms with van der Waals surface area (Å²) >= 11 is 0. The van der Waals surface area contributed by atoms with Gasteiger partial charge >= 0.3 is 0 Å². The Hall–Kier alpha value is -1.39. The highest BCUT2D eigenvalue weighted by molar-refractivity contribution is 5.73. The molecule has 0 saturated heterocycles. The lowest BCUT2D eigenvalue weighted by Crippen LogP contribution is -2.18. The van der Waals surface area contributed by atoms with E-state index in [1.54, 1.807) is 0 Å². The van der Waals surface area contributed by atoms with Crippen molar-refractivity contribution in [3.8, 4) is 0 Å². The van der Waals surface area contributed by atoms with Gasteiger partial charge < -0.3 is 0 Å². The normalized spacial score (nSPS) is 9.30. The van der Waals surface area contributed by atoms with Crippen molar-refractivity contribution in [1.82, 2.24) is 10.2 Å². The average molecular weight is 143 g/mol. The Labute approximate surface area is 56.6 Å². The molecule has 1 rings (SSSR count). The monoisotopic (exact) mass is 143 g/mol. The molecule has 0 aliphatic heterocycles. The van der Waals surface area contributed by atoms with Crippen molar-refractivity contribution in [2.24, 2.45) is 0 Å². The van der Waals surface area contributed by atoms with Crippen LogP contribution in [-0.2, 0) is 4.79 Å². The fourth-order valence-electron chi connectivity index (χ4n) is 0.559. The summed E-state index contributed by atoms with van der Waals surface area (Å²) in [5.74, 6) is 0. The van der Waals surface area contributed by atoms with Gasteiger partial charge in [0.1, 0.15) is 0 Å². The second-order valence-corrected chi connectivity index (χ2v) is 1.65. The van der Waals surface area contributed by atoms with Gasteiger partial charge in [0.05, 0.1) is 11.9 Å². The molecule has 0 fully saturated rings. The summed E-state index contributed by atoms with van der Waals surface area (Å²) in [6, 6.07) is 0. The van der Waals surface area contributed by atoms with Crippen molar-refractivity contribution in [3.05, 3.63) is 12.4 Å². The molecular weight excluding hydrogens is 137 g/mol. The van der Waals surface area contributed by atoms with Crippen molar-refractivity contribution < 1.29 is 9.18 Å². The maximum absolute atomic E-state index is 11.9.